The second kappa shape index (κ2) is 4.42. The molecule has 3 fully saturated rings. The number of rotatable bonds is 4. The van der Waals surface area contributed by atoms with Gasteiger partial charge in [0.2, 0.25) is 0 Å². The summed E-state index contributed by atoms with van der Waals surface area (Å²) >= 11 is 0. The normalized spacial score (nSPS) is 44.6. The Labute approximate surface area is 93.7 Å². The van der Waals surface area contributed by atoms with Crippen LogP contribution in [0.3, 0.4) is 0 Å². The van der Waals surface area contributed by atoms with Gasteiger partial charge in [-0.05, 0) is 45.2 Å². The van der Waals surface area contributed by atoms with Gasteiger partial charge in [-0.3, -0.25) is 4.90 Å². The fourth-order valence-electron chi connectivity index (χ4n) is 3.46. The van der Waals surface area contributed by atoms with Crippen LogP contribution in [-0.2, 0) is 0 Å². The van der Waals surface area contributed by atoms with E-state index in [1.165, 1.54) is 51.6 Å². The predicted octanol–water partition coefficient (Wildman–Crippen LogP) is 2.41. The van der Waals surface area contributed by atoms with E-state index in [1.54, 1.807) is 0 Å². The van der Waals surface area contributed by atoms with Crippen molar-refractivity contribution >= 4 is 0 Å². The van der Waals surface area contributed by atoms with Crippen LogP contribution in [0.2, 0.25) is 0 Å². The Morgan fingerprint density at radius 2 is 1.93 bits per heavy atom. The lowest BCUT2D eigenvalue weighted by atomic mass is 9.71. The largest absolute Gasteiger partial charge is 0.391 e. The van der Waals surface area contributed by atoms with Crippen LogP contribution in [0.25, 0.3) is 0 Å². The number of unbranched alkanes of at least 4 members (excludes halogenated alkanes) is 2. The van der Waals surface area contributed by atoms with E-state index in [-0.39, 0.29) is 11.6 Å². The van der Waals surface area contributed by atoms with Crippen molar-refractivity contribution in [1.82, 2.24) is 4.90 Å². The Hall–Kier alpha value is -0.0800. The highest BCUT2D eigenvalue weighted by molar-refractivity contribution is 5.03. The lowest BCUT2D eigenvalue weighted by molar-refractivity contribution is -0.130. The average molecular weight is 211 g/mol. The van der Waals surface area contributed by atoms with Crippen LogP contribution in [0, 0.1) is 5.92 Å². The first-order chi connectivity index (χ1) is 7.18. The van der Waals surface area contributed by atoms with Crippen LogP contribution < -0.4 is 0 Å². The van der Waals surface area contributed by atoms with Gasteiger partial charge in [0.15, 0.2) is 0 Å². The number of aliphatic hydroxyl groups is 1. The molecule has 88 valence electrons. The van der Waals surface area contributed by atoms with E-state index < -0.39 is 0 Å². The Balaban J connectivity index is 1.98. The molecule has 3 heterocycles. The molecule has 0 aromatic rings. The second-order valence-electron chi connectivity index (χ2n) is 5.58. The first-order valence-electron chi connectivity index (χ1n) is 6.61. The van der Waals surface area contributed by atoms with E-state index in [1.807, 2.05) is 0 Å². The second-order valence-corrected chi connectivity index (χ2v) is 5.58. The number of hydrogen-bond acceptors (Lipinski definition) is 2. The van der Waals surface area contributed by atoms with Crippen molar-refractivity contribution in [2.24, 2.45) is 5.92 Å². The summed E-state index contributed by atoms with van der Waals surface area (Å²) in [6.07, 6.45) is 7.38. The van der Waals surface area contributed by atoms with Crippen LogP contribution in [0.4, 0.5) is 0 Å². The molecule has 0 aromatic heterocycles. The van der Waals surface area contributed by atoms with E-state index in [0.717, 1.165) is 0 Å². The van der Waals surface area contributed by atoms with Crippen molar-refractivity contribution in [2.45, 2.75) is 64.0 Å². The summed E-state index contributed by atoms with van der Waals surface area (Å²) < 4.78 is 0. The van der Waals surface area contributed by atoms with Crippen molar-refractivity contribution in [3.05, 3.63) is 0 Å². The summed E-state index contributed by atoms with van der Waals surface area (Å²) in [6.45, 7) is 6.94. The zero-order valence-corrected chi connectivity index (χ0v) is 10.2. The van der Waals surface area contributed by atoms with Crippen LogP contribution >= 0.6 is 0 Å². The molecule has 3 aliphatic rings. The minimum absolute atomic E-state index is 0.0724. The molecule has 2 atom stereocenters. The van der Waals surface area contributed by atoms with Crippen LogP contribution in [0.15, 0.2) is 0 Å². The summed E-state index contributed by atoms with van der Waals surface area (Å²) in [6, 6.07) is 0. The van der Waals surface area contributed by atoms with Crippen molar-refractivity contribution in [3.8, 4) is 0 Å². The van der Waals surface area contributed by atoms with Crippen molar-refractivity contribution in [1.29, 1.82) is 0 Å². The number of piperidine rings is 3. The molecule has 0 spiro atoms. The van der Waals surface area contributed by atoms with Gasteiger partial charge in [-0.2, -0.15) is 0 Å². The highest BCUT2D eigenvalue weighted by Gasteiger charge is 2.48. The predicted molar refractivity (Wildman–Crippen MR) is 62.9 cm³/mol. The first-order valence-corrected chi connectivity index (χ1v) is 6.61. The average Bonchev–Trinajstić information content (AvgIpc) is 2.27. The molecule has 2 bridgehead atoms. The molecule has 2 nitrogen and oxygen atoms in total. The summed E-state index contributed by atoms with van der Waals surface area (Å²) in [4.78, 5) is 2.54. The van der Waals surface area contributed by atoms with E-state index in [9.17, 15) is 5.11 Å². The van der Waals surface area contributed by atoms with Gasteiger partial charge < -0.3 is 5.11 Å². The maximum absolute atomic E-state index is 10.4. The monoisotopic (exact) mass is 211 g/mol. The van der Waals surface area contributed by atoms with Crippen LogP contribution in [0.5, 0.6) is 0 Å². The van der Waals surface area contributed by atoms with E-state index >= 15 is 0 Å². The van der Waals surface area contributed by atoms with Gasteiger partial charge in [0.1, 0.15) is 0 Å². The van der Waals surface area contributed by atoms with Crippen LogP contribution in [0.1, 0.15) is 52.4 Å². The fourth-order valence-corrected chi connectivity index (χ4v) is 3.46. The van der Waals surface area contributed by atoms with E-state index in [4.69, 9.17) is 0 Å². The first kappa shape index (κ1) is 11.4. The van der Waals surface area contributed by atoms with E-state index in [0.29, 0.717) is 5.92 Å². The highest BCUT2D eigenvalue weighted by Crippen LogP contribution is 2.41. The van der Waals surface area contributed by atoms with Gasteiger partial charge in [-0.1, -0.05) is 26.2 Å². The molecule has 3 saturated heterocycles. The van der Waals surface area contributed by atoms with Gasteiger partial charge in [0, 0.05) is 5.54 Å². The maximum Gasteiger partial charge on any atom is 0.0750 e. The maximum atomic E-state index is 10.4. The van der Waals surface area contributed by atoms with Gasteiger partial charge in [-0.25, -0.2) is 0 Å². The smallest absolute Gasteiger partial charge is 0.0750 e. The minimum Gasteiger partial charge on any atom is -0.391 e. The van der Waals surface area contributed by atoms with Gasteiger partial charge in [-0.15, -0.1) is 0 Å². The standard InChI is InChI=1S/C13H25NO/c1-3-4-5-8-13(2)12(15)11-6-9-14(13)10-7-11/h11-12,15H,3-10H2,1-2H3. The molecule has 2 unspecified atom stereocenters. The summed E-state index contributed by atoms with van der Waals surface area (Å²) in [5.74, 6) is 0.585. The number of hydrogen-bond donors (Lipinski definition) is 1. The molecule has 0 radical (unpaired) electrons. The summed E-state index contributed by atoms with van der Waals surface area (Å²) in [7, 11) is 0. The van der Waals surface area contributed by atoms with Crippen molar-refractivity contribution in [2.75, 3.05) is 13.1 Å². The number of aliphatic hydroxyl groups excluding tert-OH is 1. The Kier molecular flexibility index (Phi) is 3.36. The quantitative estimate of drug-likeness (QED) is 0.722. The molecular formula is C13H25NO. The van der Waals surface area contributed by atoms with Crippen LogP contribution in [-0.4, -0.2) is 34.7 Å². The lowest BCUT2D eigenvalue weighted by Crippen LogP contribution is -2.65. The van der Waals surface area contributed by atoms with Gasteiger partial charge in [0.25, 0.3) is 0 Å². The molecule has 0 aromatic carbocycles. The third-order valence-corrected chi connectivity index (χ3v) is 4.63. The molecule has 2 heteroatoms. The third kappa shape index (κ3) is 1.94. The van der Waals surface area contributed by atoms with Gasteiger partial charge >= 0.3 is 0 Å². The fraction of sp³-hybridized carbons (Fsp3) is 1.00. The third-order valence-electron chi connectivity index (χ3n) is 4.63. The molecule has 3 aliphatic heterocycles. The summed E-state index contributed by atoms with van der Waals surface area (Å²) in [5, 5.41) is 10.4. The van der Waals surface area contributed by atoms with E-state index in [2.05, 4.69) is 18.7 Å². The topological polar surface area (TPSA) is 23.5 Å². The zero-order chi connectivity index (χ0) is 10.9. The molecule has 0 aliphatic carbocycles. The Bertz CT molecular complexity index is 207. The zero-order valence-electron chi connectivity index (χ0n) is 10.2. The van der Waals surface area contributed by atoms with Crippen molar-refractivity contribution < 1.29 is 5.11 Å². The highest BCUT2D eigenvalue weighted by atomic mass is 16.3. The molecule has 0 amide bonds. The van der Waals surface area contributed by atoms with Crippen molar-refractivity contribution in [3.63, 3.8) is 0 Å². The molecule has 0 saturated carbocycles. The Morgan fingerprint density at radius 1 is 1.27 bits per heavy atom. The molecule has 1 N–H and O–H groups in total. The molecular weight excluding hydrogens is 186 g/mol. The molecule has 3 rings (SSSR count). The Morgan fingerprint density at radius 3 is 2.47 bits per heavy atom. The lowest BCUT2D eigenvalue weighted by Gasteiger charge is -2.56. The minimum atomic E-state index is -0.0724. The van der Waals surface area contributed by atoms with Gasteiger partial charge in [0.05, 0.1) is 6.10 Å². The molecule has 15 heavy (non-hydrogen) atoms. The number of nitrogens with zero attached hydrogens (tertiary/aromatic N) is 1. The number of fused-ring (bicyclic) bond motifs is 3. The SMILES string of the molecule is CCCCCC1(C)C(O)C2CCN1CC2. The summed E-state index contributed by atoms with van der Waals surface area (Å²) in [5.41, 5.74) is 0.0936.